The first kappa shape index (κ1) is 16.4. The number of rotatable bonds is 2. The average Bonchev–Trinajstić information content (AvgIpc) is 2.89. The van der Waals surface area contributed by atoms with E-state index in [0.29, 0.717) is 23.5 Å². The Morgan fingerprint density at radius 1 is 1.17 bits per heavy atom. The van der Waals surface area contributed by atoms with Crippen molar-refractivity contribution < 1.29 is 14.6 Å². The van der Waals surface area contributed by atoms with Crippen molar-refractivity contribution in [2.24, 2.45) is 28.6 Å². The molecule has 0 radical (unpaired) electrons. The van der Waals surface area contributed by atoms with E-state index >= 15 is 0 Å². The van der Waals surface area contributed by atoms with Crippen LogP contribution in [0.25, 0.3) is 0 Å². The van der Waals surface area contributed by atoms with Gasteiger partial charge < -0.3 is 9.84 Å². The molecule has 0 aromatic rings. The first-order chi connectivity index (χ1) is 11.4. The zero-order valence-corrected chi connectivity index (χ0v) is 15.2. The monoisotopic (exact) mass is 330 g/mol. The van der Waals surface area contributed by atoms with Gasteiger partial charge >= 0.3 is 0 Å². The summed E-state index contributed by atoms with van der Waals surface area (Å²) in [4.78, 5) is 12.5. The molecule has 0 unspecified atom stereocenters. The van der Waals surface area contributed by atoms with Crippen LogP contribution in [0.5, 0.6) is 0 Å². The number of aliphatic hydroxyl groups excluding tert-OH is 1. The molecule has 0 spiro atoms. The highest BCUT2D eigenvalue weighted by Crippen LogP contribution is 2.64. The van der Waals surface area contributed by atoms with Crippen LogP contribution in [0.3, 0.4) is 0 Å². The standard InChI is InChI=1S/C21H30O3/c1-20-8-6-14(24-3)11-18(20)13(12-22)10-15-16-4-5-19(23)21(16,2)9-7-17(15)20/h11,15-17,22H,4-10,12H2,1-3H3/t15-,16-,17-,20+,21-/m0/s1. The van der Waals surface area contributed by atoms with E-state index in [4.69, 9.17) is 4.74 Å². The predicted octanol–water partition coefficient (Wildman–Crippen LogP) is 4.02. The number of hydrogen-bond donors (Lipinski definition) is 1. The summed E-state index contributed by atoms with van der Waals surface area (Å²) in [5, 5.41) is 10.1. The number of allylic oxidation sites excluding steroid dienone is 3. The number of carbonyl (C=O) groups excluding carboxylic acids is 1. The van der Waals surface area contributed by atoms with Crippen LogP contribution in [-0.4, -0.2) is 24.6 Å². The van der Waals surface area contributed by atoms with Gasteiger partial charge in [-0.3, -0.25) is 4.79 Å². The van der Waals surface area contributed by atoms with Crippen molar-refractivity contribution in [3.8, 4) is 0 Å². The number of aliphatic hydroxyl groups is 1. The third-order valence-corrected chi connectivity index (χ3v) is 8.09. The van der Waals surface area contributed by atoms with Crippen molar-refractivity contribution in [1.82, 2.24) is 0 Å². The van der Waals surface area contributed by atoms with Gasteiger partial charge in [-0.25, -0.2) is 0 Å². The molecule has 0 aliphatic heterocycles. The Bertz CT molecular complexity index is 631. The van der Waals surface area contributed by atoms with Gasteiger partial charge in [0.15, 0.2) is 0 Å². The van der Waals surface area contributed by atoms with Crippen LogP contribution >= 0.6 is 0 Å². The van der Waals surface area contributed by atoms with E-state index in [2.05, 4.69) is 19.9 Å². The lowest BCUT2D eigenvalue weighted by molar-refractivity contribution is -0.131. The minimum absolute atomic E-state index is 0.0994. The summed E-state index contributed by atoms with van der Waals surface area (Å²) < 4.78 is 5.51. The molecule has 5 atom stereocenters. The smallest absolute Gasteiger partial charge is 0.139 e. The number of fused-ring (bicyclic) bond motifs is 5. The van der Waals surface area contributed by atoms with Crippen molar-refractivity contribution in [3.05, 3.63) is 23.0 Å². The fourth-order valence-corrected chi connectivity index (χ4v) is 6.65. The number of carbonyl (C=O) groups is 1. The molecular formula is C21H30O3. The number of methoxy groups -OCH3 is 1. The summed E-state index contributed by atoms with van der Waals surface area (Å²) in [6, 6.07) is 0. The van der Waals surface area contributed by atoms with Gasteiger partial charge in [0, 0.05) is 18.3 Å². The van der Waals surface area contributed by atoms with E-state index in [-0.39, 0.29) is 17.4 Å². The summed E-state index contributed by atoms with van der Waals surface area (Å²) in [5.41, 5.74) is 2.56. The Kier molecular flexibility index (Phi) is 3.72. The third-order valence-electron chi connectivity index (χ3n) is 8.09. The summed E-state index contributed by atoms with van der Waals surface area (Å²) in [7, 11) is 1.75. The van der Waals surface area contributed by atoms with Crippen molar-refractivity contribution in [2.45, 2.75) is 58.8 Å². The molecule has 0 amide bonds. The quantitative estimate of drug-likeness (QED) is 0.832. The maximum Gasteiger partial charge on any atom is 0.139 e. The molecule has 4 aliphatic rings. The molecule has 0 aromatic heterocycles. The Morgan fingerprint density at radius 2 is 1.92 bits per heavy atom. The minimum atomic E-state index is -0.0994. The highest BCUT2D eigenvalue weighted by molar-refractivity contribution is 5.87. The van der Waals surface area contributed by atoms with Crippen LogP contribution in [0.1, 0.15) is 58.8 Å². The fourth-order valence-electron chi connectivity index (χ4n) is 6.65. The second kappa shape index (κ2) is 5.45. The van der Waals surface area contributed by atoms with E-state index in [1.54, 1.807) is 7.11 Å². The Morgan fingerprint density at radius 3 is 2.62 bits per heavy atom. The fraction of sp³-hybridized carbons (Fsp3) is 0.762. The molecule has 132 valence electrons. The molecule has 0 saturated heterocycles. The highest BCUT2D eigenvalue weighted by atomic mass is 16.5. The summed E-state index contributed by atoms with van der Waals surface area (Å²) in [6.45, 7) is 4.75. The molecule has 0 bridgehead atoms. The number of Topliss-reactive ketones (excluding diaryl/α,β-unsaturated/α-hetero) is 1. The van der Waals surface area contributed by atoms with E-state index < -0.39 is 0 Å². The van der Waals surface area contributed by atoms with Gasteiger partial charge in [-0.15, -0.1) is 0 Å². The van der Waals surface area contributed by atoms with Gasteiger partial charge in [-0.2, -0.15) is 0 Å². The normalized spacial score (nSPS) is 44.6. The Balaban J connectivity index is 1.78. The first-order valence-corrected chi connectivity index (χ1v) is 9.55. The molecule has 2 fully saturated rings. The topological polar surface area (TPSA) is 46.5 Å². The number of ether oxygens (including phenoxy) is 1. The lowest BCUT2D eigenvalue weighted by atomic mass is 9.47. The van der Waals surface area contributed by atoms with E-state index in [0.717, 1.165) is 50.7 Å². The van der Waals surface area contributed by atoms with Crippen LogP contribution < -0.4 is 0 Å². The lowest BCUT2D eigenvalue weighted by Crippen LogP contribution is -2.50. The van der Waals surface area contributed by atoms with Crippen molar-refractivity contribution >= 4 is 5.78 Å². The van der Waals surface area contributed by atoms with E-state index in [9.17, 15) is 9.90 Å². The molecule has 3 nitrogen and oxygen atoms in total. The zero-order valence-electron chi connectivity index (χ0n) is 15.2. The molecular weight excluding hydrogens is 300 g/mol. The lowest BCUT2D eigenvalue weighted by Gasteiger charge is -2.56. The molecule has 2 saturated carbocycles. The summed E-state index contributed by atoms with van der Waals surface area (Å²) in [5.74, 6) is 3.24. The Labute approximate surface area is 145 Å². The van der Waals surface area contributed by atoms with Gasteiger partial charge in [0.05, 0.1) is 19.5 Å². The average molecular weight is 330 g/mol. The minimum Gasteiger partial charge on any atom is -0.501 e. The van der Waals surface area contributed by atoms with Crippen LogP contribution in [0.2, 0.25) is 0 Å². The summed E-state index contributed by atoms with van der Waals surface area (Å²) >= 11 is 0. The molecule has 3 heteroatoms. The van der Waals surface area contributed by atoms with Gasteiger partial charge in [-0.1, -0.05) is 13.8 Å². The van der Waals surface area contributed by atoms with E-state index in [1.807, 2.05) is 0 Å². The first-order valence-electron chi connectivity index (χ1n) is 9.55. The Hall–Kier alpha value is -1.09. The third kappa shape index (κ3) is 2.03. The molecule has 1 N–H and O–H groups in total. The van der Waals surface area contributed by atoms with Gasteiger partial charge in [0.2, 0.25) is 0 Å². The van der Waals surface area contributed by atoms with Crippen molar-refractivity contribution in [2.75, 3.05) is 13.7 Å². The molecule has 24 heavy (non-hydrogen) atoms. The van der Waals surface area contributed by atoms with Gasteiger partial charge in [-0.05, 0) is 72.5 Å². The van der Waals surface area contributed by atoms with Crippen LogP contribution in [-0.2, 0) is 9.53 Å². The second-order valence-corrected chi connectivity index (χ2v) is 8.91. The SMILES string of the molecule is COC1=CC2=C(CO)C[C@@H]3[C@H](CC[C@]4(C)C(=O)CC[C@@H]34)[C@@]2(C)CC1. The van der Waals surface area contributed by atoms with Gasteiger partial charge in [0.1, 0.15) is 5.78 Å². The van der Waals surface area contributed by atoms with Crippen molar-refractivity contribution in [1.29, 1.82) is 0 Å². The maximum atomic E-state index is 12.5. The second-order valence-electron chi connectivity index (χ2n) is 8.91. The van der Waals surface area contributed by atoms with Crippen LogP contribution in [0.4, 0.5) is 0 Å². The number of ketones is 1. The molecule has 0 heterocycles. The van der Waals surface area contributed by atoms with Gasteiger partial charge in [0.25, 0.3) is 0 Å². The molecule has 0 aromatic carbocycles. The van der Waals surface area contributed by atoms with Crippen LogP contribution in [0, 0.1) is 28.6 Å². The van der Waals surface area contributed by atoms with Crippen LogP contribution in [0.15, 0.2) is 23.0 Å². The summed E-state index contributed by atoms with van der Waals surface area (Å²) in [6.07, 6.45) is 9.28. The highest BCUT2D eigenvalue weighted by Gasteiger charge is 2.59. The number of hydrogen-bond acceptors (Lipinski definition) is 3. The zero-order chi connectivity index (χ0) is 17.1. The van der Waals surface area contributed by atoms with Crippen molar-refractivity contribution in [3.63, 3.8) is 0 Å². The predicted molar refractivity (Wildman–Crippen MR) is 93.2 cm³/mol. The molecule has 4 rings (SSSR count). The molecule has 4 aliphatic carbocycles. The van der Waals surface area contributed by atoms with E-state index in [1.165, 1.54) is 11.1 Å². The maximum absolute atomic E-state index is 12.5. The largest absolute Gasteiger partial charge is 0.501 e.